The minimum absolute atomic E-state index is 0.0457. The van der Waals surface area contributed by atoms with Crippen LogP contribution in [-0.2, 0) is 19.2 Å². The Bertz CT molecular complexity index is 1480. The zero-order valence-corrected chi connectivity index (χ0v) is 36.9. The molecule has 330 valence electrons. The zero-order valence-electron chi connectivity index (χ0n) is 36.9. The van der Waals surface area contributed by atoms with Crippen LogP contribution in [0.5, 0.6) is 0 Å². The summed E-state index contributed by atoms with van der Waals surface area (Å²) < 4.78 is 0. The lowest BCUT2D eigenvalue weighted by atomic mass is 10.1. The number of nitrogens with zero attached hydrogens (tertiary/aromatic N) is 4. The zero-order chi connectivity index (χ0) is 43.3. The van der Waals surface area contributed by atoms with Gasteiger partial charge >= 0.3 is 0 Å². The van der Waals surface area contributed by atoms with E-state index in [0.29, 0.717) is 39.0 Å². The summed E-state index contributed by atoms with van der Waals surface area (Å²) in [5.74, 6) is -1.64. The third-order valence-electron chi connectivity index (χ3n) is 11.1. The van der Waals surface area contributed by atoms with Crippen molar-refractivity contribution in [3.8, 4) is 0 Å². The number of hydrogen-bond acceptors (Lipinski definition) is 7. The van der Waals surface area contributed by atoms with E-state index >= 15 is 0 Å². The van der Waals surface area contributed by atoms with Crippen molar-refractivity contribution in [3.63, 3.8) is 0 Å². The first-order valence-corrected chi connectivity index (χ1v) is 22.4. The lowest BCUT2D eigenvalue weighted by molar-refractivity contribution is -0.368. The lowest BCUT2D eigenvalue weighted by Gasteiger charge is -2.36. The number of hydrogen-bond donors (Lipinski definition) is 4. The summed E-state index contributed by atoms with van der Waals surface area (Å²) in [6.07, 6.45) is 16.3. The monoisotopic (exact) mass is 820 g/mol. The number of amides is 4. The number of primary amides is 1. The summed E-state index contributed by atoms with van der Waals surface area (Å²) in [6.45, 7) is 13.2. The maximum Gasteiger partial charge on any atom is 0.243 e. The molecule has 59 heavy (non-hydrogen) atoms. The Hall–Kier alpha value is -4.26. The van der Waals surface area contributed by atoms with Crippen LogP contribution in [0.3, 0.4) is 0 Å². The summed E-state index contributed by atoms with van der Waals surface area (Å²) in [7, 11) is 0. The molecule has 12 nitrogen and oxygen atoms in total. The molecule has 0 aliphatic carbocycles. The molecule has 0 aliphatic heterocycles. The van der Waals surface area contributed by atoms with Crippen molar-refractivity contribution in [2.24, 2.45) is 11.5 Å². The molecule has 0 aliphatic rings. The number of quaternary nitrogens is 1. The Morgan fingerprint density at radius 1 is 0.627 bits per heavy atom. The standard InChI is InChI=1S/C47H78N8O4/c1-5-6-7-8-9-10-11-12-13-14-22-31-51-34-39(2)52(33-24-30-49)36-46(58)55(41(4)43-27-19-16-20-28-43)38-47(59)54(40(3)42-25-17-15-18-26-42)37-45(57)53(35-44(50)56)32-23-21-29-48/h15-20,25-28,40-41,51H,2,5-14,21-24,29-38,48-49H2,1,3-4H3,(H2,50,56)/p+1/t40-,41+/m1/s1. The molecule has 0 bridgehead atoms. The summed E-state index contributed by atoms with van der Waals surface area (Å²) >= 11 is 0. The highest BCUT2D eigenvalue weighted by Crippen LogP contribution is 2.25. The summed E-state index contributed by atoms with van der Waals surface area (Å²) in [4.78, 5) is 61.5. The van der Waals surface area contributed by atoms with E-state index in [1.807, 2.05) is 79.4 Å². The Morgan fingerprint density at radius 2 is 1.10 bits per heavy atom. The predicted molar refractivity (Wildman–Crippen MR) is 240 cm³/mol. The van der Waals surface area contributed by atoms with E-state index in [-0.39, 0.29) is 44.5 Å². The van der Waals surface area contributed by atoms with Crippen LogP contribution >= 0.6 is 0 Å². The summed E-state index contributed by atoms with van der Waals surface area (Å²) in [6, 6.07) is 18.2. The number of unbranched alkanes of at least 4 members (excludes halogenated alkanes) is 11. The van der Waals surface area contributed by atoms with Crippen molar-refractivity contribution in [2.45, 2.75) is 123 Å². The molecule has 4 amide bonds. The van der Waals surface area contributed by atoms with Gasteiger partial charge in [-0.2, -0.15) is 0 Å². The number of nitrogens with one attached hydrogen (secondary N) is 1. The van der Waals surface area contributed by atoms with E-state index in [4.69, 9.17) is 11.5 Å². The molecule has 0 fully saturated rings. The minimum Gasteiger partial charge on any atom is -0.368 e. The molecule has 0 saturated carbocycles. The van der Waals surface area contributed by atoms with Gasteiger partial charge in [0.05, 0.1) is 31.7 Å². The molecule has 0 aromatic heterocycles. The first kappa shape index (κ1) is 50.9. The van der Waals surface area contributed by atoms with Crippen LogP contribution in [0.4, 0.5) is 0 Å². The van der Waals surface area contributed by atoms with Crippen molar-refractivity contribution in [1.82, 2.24) is 24.9 Å². The molecule has 0 unspecified atom stereocenters. The second-order valence-corrected chi connectivity index (χ2v) is 15.9. The van der Waals surface area contributed by atoms with Gasteiger partial charge in [-0.3, -0.25) is 19.2 Å². The van der Waals surface area contributed by atoms with Crippen LogP contribution in [0, 0.1) is 0 Å². The van der Waals surface area contributed by atoms with E-state index < -0.39 is 23.9 Å². The van der Waals surface area contributed by atoms with Crippen molar-refractivity contribution in [3.05, 3.63) is 84.1 Å². The molecule has 0 saturated heterocycles. The van der Waals surface area contributed by atoms with E-state index in [9.17, 15) is 19.2 Å². The van der Waals surface area contributed by atoms with Gasteiger partial charge in [-0.15, -0.1) is 0 Å². The Balaban J connectivity index is 2.21. The van der Waals surface area contributed by atoms with Crippen LogP contribution < -0.4 is 22.5 Å². The number of benzene rings is 2. The predicted octanol–water partition coefficient (Wildman–Crippen LogP) is 5.57. The van der Waals surface area contributed by atoms with Crippen molar-refractivity contribution >= 4 is 23.6 Å². The second-order valence-electron chi connectivity index (χ2n) is 15.9. The SMILES string of the molecule is C=C(CNCCCCCCCCCCCCC)N(CCC[NH3+])CC(=O)N(CC(=O)N(CC(=O)N(CCCCN)CC(N)=O)[C@H](C)c1ccccc1)[C@@H](C)c1ccccc1. The molecule has 8 N–H and O–H groups in total. The van der Waals surface area contributed by atoms with Crippen LogP contribution in [0.15, 0.2) is 72.9 Å². The fourth-order valence-corrected chi connectivity index (χ4v) is 7.28. The van der Waals surface area contributed by atoms with E-state index in [1.165, 1.54) is 74.0 Å². The third kappa shape index (κ3) is 20.5. The highest BCUT2D eigenvalue weighted by Gasteiger charge is 2.32. The second kappa shape index (κ2) is 30.7. The van der Waals surface area contributed by atoms with Gasteiger partial charge in [0.1, 0.15) is 13.1 Å². The van der Waals surface area contributed by atoms with E-state index in [2.05, 4.69) is 24.6 Å². The highest BCUT2D eigenvalue weighted by atomic mass is 16.2. The largest absolute Gasteiger partial charge is 0.368 e. The molecule has 2 atom stereocenters. The van der Waals surface area contributed by atoms with Gasteiger partial charge in [0.2, 0.25) is 23.6 Å². The van der Waals surface area contributed by atoms with Crippen LogP contribution in [-0.4, -0.2) is 109 Å². The first-order chi connectivity index (χ1) is 28.5. The molecule has 2 rings (SSSR count). The Kier molecular flexibility index (Phi) is 26.5. The third-order valence-corrected chi connectivity index (χ3v) is 11.1. The van der Waals surface area contributed by atoms with Crippen LogP contribution in [0.1, 0.15) is 134 Å². The lowest BCUT2D eigenvalue weighted by Crippen LogP contribution is -2.52. The number of carbonyl (C=O) groups is 4. The topological polar surface area (TPSA) is 173 Å². The normalized spacial score (nSPS) is 12.1. The van der Waals surface area contributed by atoms with Crippen LogP contribution in [0.2, 0.25) is 0 Å². The summed E-state index contributed by atoms with van der Waals surface area (Å²) in [5.41, 5.74) is 17.8. The fraction of sp³-hybridized carbons (Fsp3) is 0.617. The van der Waals surface area contributed by atoms with Gasteiger partial charge in [-0.25, -0.2) is 0 Å². The van der Waals surface area contributed by atoms with E-state index in [1.54, 1.807) is 4.90 Å². The molecule has 0 spiro atoms. The van der Waals surface area contributed by atoms with Crippen LogP contribution in [0.25, 0.3) is 0 Å². The number of rotatable bonds is 34. The number of nitrogens with two attached hydrogens (primary N) is 2. The Labute approximate surface area is 356 Å². The average molecular weight is 820 g/mol. The smallest absolute Gasteiger partial charge is 0.243 e. The molecule has 12 heteroatoms. The minimum atomic E-state index is -0.636. The Morgan fingerprint density at radius 3 is 1.59 bits per heavy atom. The van der Waals surface area contributed by atoms with Gasteiger partial charge < -0.3 is 42.1 Å². The summed E-state index contributed by atoms with van der Waals surface area (Å²) in [5, 5.41) is 3.54. The van der Waals surface area contributed by atoms with Crippen molar-refractivity contribution < 1.29 is 24.9 Å². The van der Waals surface area contributed by atoms with Crippen molar-refractivity contribution in [2.75, 3.05) is 65.4 Å². The van der Waals surface area contributed by atoms with Gasteiger partial charge in [0, 0.05) is 31.8 Å². The number of carbonyl (C=O) groups excluding carboxylic acids is 4. The fourth-order valence-electron chi connectivity index (χ4n) is 7.28. The van der Waals surface area contributed by atoms with Crippen molar-refractivity contribution in [1.29, 1.82) is 0 Å². The maximum atomic E-state index is 14.6. The van der Waals surface area contributed by atoms with Gasteiger partial charge in [-0.1, -0.05) is 138 Å². The molecule has 2 aromatic carbocycles. The molecular formula is C47H79N8O4+. The first-order valence-electron chi connectivity index (χ1n) is 22.4. The maximum absolute atomic E-state index is 14.6. The molecule has 0 heterocycles. The molecule has 2 aromatic rings. The van der Waals surface area contributed by atoms with Gasteiger partial charge in [0.15, 0.2) is 0 Å². The van der Waals surface area contributed by atoms with E-state index in [0.717, 1.165) is 36.2 Å². The van der Waals surface area contributed by atoms with Gasteiger partial charge in [0.25, 0.3) is 0 Å². The molecule has 0 radical (unpaired) electrons. The quantitative estimate of drug-likeness (QED) is 0.0669. The highest BCUT2D eigenvalue weighted by molar-refractivity contribution is 5.90. The van der Waals surface area contributed by atoms with Gasteiger partial charge in [-0.05, 0) is 57.3 Å². The average Bonchev–Trinajstić information content (AvgIpc) is 3.24. The molecular weight excluding hydrogens is 741 g/mol.